The van der Waals surface area contributed by atoms with Crippen molar-refractivity contribution in [2.75, 3.05) is 6.54 Å². The summed E-state index contributed by atoms with van der Waals surface area (Å²) in [5.41, 5.74) is 0.817. The van der Waals surface area contributed by atoms with Gasteiger partial charge in [0.25, 0.3) is 5.91 Å². The molecule has 1 fully saturated rings. The molecule has 1 saturated carbocycles. The maximum absolute atomic E-state index is 12.3. The van der Waals surface area contributed by atoms with Crippen LogP contribution in [0.25, 0.3) is 11.0 Å². The van der Waals surface area contributed by atoms with E-state index in [1.165, 1.54) is 6.07 Å². The Hall–Kier alpha value is -2.83. The Morgan fingerprint density at radius 2 is 1.96 bits per heavy atom. The van der Waals surface area contributed by atoms with Crippen LogP contribution in [0.1, 0.15) is 38.2 Å². The van der Waals surface area contributed by atoms with E-state index in [9.17, 15) is 14.4 Å². The number of fused-ring (bicyclic) bond motifs is 1. The number of carbonyl (C=O) groups excluding carboxylic acids is 1. The zero-order valence-corrected chi connectivity index (χ0v) is 16.1. The molecule has 7 heteroatoms. The lowest BCUT2D eigenvalue weighted by Crippen LogP contribution is -2.39. The number of carboxylic acids is 1. The van der Waals surface area contributed by atoms with E-state index in [0.717, 1.165) is 23.8 Å². The van der Waals surface area contributed by atoms with Crippen molar-refractivity contribution in [3.8, 4) is 5.75 Å². The molecule has 1 amide bonds. The molecule has 0 aliphatic heterocycles. The fourth-order valence-corrected chi connectivity index (χ4v) is 3.64. The highest BCUT2D eigenvalue weighted by Gasteiger charge is 2.26. The van der Waals surface area contributed by atoms with Crippen molar-refractivity contribution in [3.63, 3.8) is 0 Å². The number of ether oxygens (including phenoxy) is 1. The van der Waals surface area contributed by atoms with Gasteiger partial charge in [0.05, 0.1) is 5.92 Å². The van der Waals surface area contributed by atoms with E-state index in [2.05, 4.69) is 5.32 Å². The fourth-order valence-electron chi connectivity index (χ4n) is 3.64. The molecule has 150 valence electrons. The third-order valence-electron chi connectivity index (χ3n) is 5.37. The smallest absolute Gasteiger partial charge is 0.336 e. The molecule has 7 nitrogen and oxygen atoms in total. The predicted octanol–water partition coefficient (Wildman–Crippen LogP) is 2.88. The van der Waals surface area contributed by atoms with Gasteiger partial charge in [0, 0.05) is 24.1 Å². The largest absolute Gasteiger partial charge is 0.481 e. The molecule has 1 aliphatic rings. The average molecular weight is 387 g/mol. The monoisotopic (exact) mass is 387 g/mol. The van der Waals surface area contributed by atoms with Crippen molar-refractivity contribution in [3.05, 3.63) is 40.2 Å². The summed E-state index contributed by atoms with van der Waals surface area (Å²) < 4.78 is 10.9. The molecule has 1 atom stereocenters. The van der Waals surface area contributed by atoms with Crippen LogP contribution in [0, 0.1) is 18.8 Å². The Bertz CT molecular complexity index is 926. The van der Waals surface area contributed by atoms with Gasteiger partial charge in [0.1, 0.15) is 11.3 Å². The number of nitrogens with one attached hydrogen (secondary N) is 1. The van der Waals surface area contributed by atoms with Gasteiger partial charge in [-0.05, 0) is 63.1 Å². The van der Waals surface area contributed by atoms with Crippen LogP contribution in [-0.2, 0) is 9.59 Å². The molecule has 1 heterocycles. The molecule has 1 aromatic heterocycles. The highest BCUT2D eigenvalue weighted by molar-refractivity contribution is 5.82. The molecule has 0 bridgehead atoms. The molecular formula is C21H25NO6. The van der Waals surface area contributed by atoms with Gasteiger partial charge in [0.2, 0.25) is 0 Å². The summed E-state index contributed by atoms with van der Waals surface area (Å²) >= 11 is 0. The number of benzene rings is 1. The number of aryl methyl sites for hydroxylation is 1. The summed E-state index contributed by atoms with van der Waals surface area (Å²) in [5, 5.41) is 12.7. The molecule has 1 aromatic carbocycles. The Kier molecular flexibility index (Phi) is 6.02. The number of carboxylic acid groups (broad SMARTS) is 1. The minimum Gasteiger partial charge on any atom is -0.481 e. The van der Waals surface area contributed by atoms with E-state index in [4.69, 9.17) is 14.3 Å². The summed E-state index contributed by atoms with van der Waals surface area (Å²) in [6, 6.07) is 6.59. The average Bonchev–Trinajstić information content (AvgIpc) is 2.65. The van der Waals surface area contributed by atoms with Crippen molar-refractivity contribution in [2.24, 2.45) is 11.8 Å². The van der Waals surface area contributed by atoms with Gasteiger partial charge in [-0.3, -0.25) is 9.59 Å². The second kappa shape index (κ2) is 8.46. The second-order valence-electron chi connectivity index (χ2n) is 7.47. The highest BCUT2D eigenvalue weighted by atomic mass is 16.5. The van der Waals surface area contributed by atoms with Gasteiger partial charge in [0.15, 0.2) is 6.10 Å². The summed E-state index contributed by atoms with van der Waals surface area (Å²) in [7, 11) is 0. The molecule has 3 rings (SSSR count). The Balaban J connectivity index is 1.54. The van der Waals surface area contributed by atoms with Crippen LogP contribution in [-0.4, -0.2) is 29.6 Å². The van der Waals surface area contributed by atoms with Crippen molar-refractivity contribution < 1.29 is 23.8 Å². The molecule has 2 N–H and O–H groups in total. The molecule has 1 aliphatic carbocycles. The first-order valence-electron chi connectivity index (χ1n) is 9.55. The lowest BCUT2D eigenvalue weighted by molar-refractivity contribution is -0.143. The Morgan fingerprint density at radius 1 is 1.25 bits per heavy atom. The maximum atomic E-state index is 12.3. The van der Waals surface area contributed by atoms with Gasteiger partial charge in [-0.15, -0.1) is 0 Å². The fraction of sp³-hybridized carbons (Fsp3) is 0.476. The predicted molar refractivity (Wildman–Crippen MR) is 103 cm³/mol. The van der Waals surface area contributed by atoms with Crippen LogP contribution >= 0.6 is 0 Å². The number of carbonyl (C=O) groups is 2. The maximum Gasteiger partial charge on any atom is 0.336 e. The zero-order chi connectivity index (χ0) is 20.3. The molecule has 0 spiro atoms. The number of hydrogen-bond donors (Lipinski definition) is 2. The summed E-state index contributed by atoms with van der Waals surface area (Å²) in [4.78, 5) is 34.9. The normalized spacial score (nSPS) is 20.5. The van der Waals surface area contributed by atoms with Crippen molar-refractivity contribution in [1.82, 2.24) is 5.32 Å². The van der Waals surface area contributed by atoms with E-state index in [-0.39, 0.29) is 11.8 Å². The molecule has 2 aromatic rings. The molecular weight excluding hydrogens is 362 g/mol. The van der Waals surface area contributed by atoms with Gasteiger partial charge in [-0.1, -0.05) is 0 Å². The van der Waals surface area contributed by atoms with Gasteiger partial charge in [-0.25, -0.2) is 4.79 Å². The zero-order valence-electron chi connectivity index (χ0n) is 16.1. The quantitative estimate of drug-likeness (QED) is 0.739. The van der Waals surface area contributed by atoms with Crippen molar-refractivity contribution in [2.45, 2.75) is 45.6 Å². The van der Waals surface area contributed by atoms with E-state index in [1.54, 1.807) is 25.1 Å². The first-order chi connectivity index (χ1) is 13.3. The lowest BCUT2D eigenvalue weighted by Gasteiger charge is -2.26. The topological polar surface area (TPSA) is 106 Å². The minimum absolute atomic E-state index is 0.230. The standard InChI is InChI=1S/C21H25NO6/c1-12-9-19(23)28-18-10-16(7-8-17(12)18)27-13(2)20(24)22-11-14-3-5-15(6-4-14)21(25)26/h7-10,13-15H,3-6,11H2,1-2H3,(H,22,24)(H,25,26)/t13-,14?,15?/m0/s1. The van der Waals surface area contributed by atoms with E-state index in [1.807, 2.05) is 6.92 Å². The van der Waals surface area contributed by atoms with Crippen LogP contribution in [0.4, 0.5) is 0 Å². The van der Waals surface area contributed by atoms with E-state index in [0.29, 0.717) is 36.6 Å². The van der Waals surface area contributed by atoms with Crippen molar-refractivity contribution in [1.29, 1.82) is 0 Å². The van der Waals surface area contributed by atoms with Crippen LogP contribution in [0.3, 0.4) is 0 Å². The number of amides is 1. The molecule has 28 heavy (non-hydrogen) atoms. The van der Waals surface area contributed by atoms with Crippen LogP contribution in [0.2, 0.25) is 0 Å². The van der Waals surface area contributed by atoms with E-state index < -0.39 is 17.7 Å². The molecule has 0 unspecified atom stereocenters. The van der Waals surface area contributed by atoms with Gasteiger partial charge in [-0.2, -0.15) is 0 Å². The Morgan fingerprint density at radius 3 is 2.64 bits per heavy atom. The number of hydrogen-bond acceptors (Lipinski definition) is 5. The van der Waals surface area contributed by atoms with Crippen LogP contribution in [0.15, 0.2) is 33.5 Å². The first kappa shape index (κ1) is 19.9. The SMILES string of the molecule is Cc1cc(=O)oc2cc(O[C@@H](C)C(=O)NCC3CCC(C(=O)O)CC3)ccc12. The second-order valence-corrected chi connectivity index (χ2v) is 7.47. The number of rotatable bonds is 6. The summed E-state index contributed by atoms with van der Waals surface area (Å²) in [6.07, 6.45) is 2.21. The number of aliphatic carboxylic acids is 1. The Labute approximate surface area is 162 Å². The third-order valence-corrected chi connectivity index (χ3v) is 5.37. The van der Waals surface area contributed by atoms with Gasteiger partial charge < -0.3 is 19.6 Å². The first-order valence-corrected chi connectivity index (χ1v) is 9.55. The molecule has 0 radical (unpaired) electrons. The highest BCUT2D eigenvalue weighted by Crippen LogP contribution is 2.28. The third kappa shape index (κ3) is 4.71. The van der Waals surface area contributed by atoms with E-state index >= 15 is 0 Å². The minimum atomic E-state index is -0.731. The van der Waals surface area contributed by atoms with Crippen LogP contribution < -0.4 is 15.7 Å². The van der Waals surface area contributed by atoms with Crippen molar-refractivity contribution >= 4 is 22.8 Å². The summed E-state index contributed by atoms with van der Waals surface area (Å²) in [5.74, 6) is -0.474. The molecule has 0 saturated heterocycles. The van der Waals surface area contributed by atoms with Gasteiger partial charge >= 0.3 is 11.6 Å². The van der Waals surface area contributed by atoms with Crippen LogP contribution in [0.5, 0.6) is 5.75 Å². The lowest BCUT2D eigenvalue weighted by atomic mass is 9.82. The summed E-state index contributed by atoms with van der Waals surface area (Å²) in [6.45, 7) is 4.01.